The van der Waals surface area contributed by atoms with Gasteiger partial charge in [0.05, 0.1) is 6.04 Å². The SMILES string of the molecule is CSCCC(NC(=O)C(C)N)C(=O)N1CCCC1C(=O)NC(Cc1ccc(O)cc1)C(=O)O. The maximum absolute atomic E-state index is 13.2. The molecule has 0 aliphatic carbocycles. The van der Waals surface area contributed by atoms with Gasteiger partial charge < -0.3 is 31.5 Å². The molecule has 6 N–H and O–H groups in total. The number of aliphatic carboxylic acids is 1. The molecular formula is C22H32N4O6S. The van der Waals surface area contributed by atoms with Crippen LogP contribution in [0.2, 0.25) is 0 Å². The van der Waals surface area contributed by atoms with Crippen LogP contribution in [-0.4, -0.2) is 81.5 Å². The van der Waals surface area contributed by atoms with Gasteiger partial charge >= 0.3 is 5.97 Å². The number of hydrogen-bond acceptors (Lipinski definition) is 7. The number of phenols is 1. The molecule has 0 radical (unpaired) electrons. The molecule has 182 valence electrons. The maximum atomic E-state index is 13.2. The lowest BCUT2D eigenvalue weighted by molar-refractivity contribution is -0.144. The summed E-state index contributed by atoms with van der Waals surface area (Å²) in [6.45, 7) is 1.87. The lowest BCUT2D eigenvalue weighted by atomic mass is 10.0. The molecule has 1 aliphatic heterocycles. The zero-order valence-electron chi connectivity index (χ0n) is 18.8. The molecule has 0 saturated carbocycles. The summed E-state index contributed by atoms with van der Waals surface area (Å²) in [6, 6.07) is 2.46. The van der Waals surface area contributed by atoms with E-state index in [2.05, 4.69) is 10.6 Å². The minimum atomic E-state index is -1.20. The predicted molar refractivity (Wildman–Crippen MR) is 125 cm³/mol. The molecule has 1 aliphatic rings. The second-order valence-electron chi connectivity index (χ2n) is 8.09. The molecule has 11 heteroatoms. The first kappa shape index (κ1) is 26.5. The number of benzene rings is 1. The second kappa shape index (κ2) is 12.4. The zero-order chi connectivity index (χ0) is 24.5. The first-order chi connectivity index (χ1) is 15.6. The van der Waals surface area contributed by atoms with Crippen LogP contribution in [0, 0.1) is 0 Å². The first-order valence-electron chi connectivity index (χ1n) is 10.8. The Balaban J connectivity index is 2.10. The van der Waals surface area contributed by atoms with Gasteiger partial charge in [0.2, 0.25) is 17.7 Å². The van der Waals surface area contributed by atoms with E-state index in [9.17, 15) is 29.4 Å². The van der Waals surface area contributed by atoms with Gasteiger partial charge in [-0.15, -0.1) is 0 Å². The standard InChI is InChI=1S/C22H32N4O6S/c1-13(23)19(28)24-16(9-11-33-2)21(30)26-10-3-4-18(26)20(29)25-17(22(31)32)12-14-5-7-15(27)8-6-14/h5-8,13,16-18,27H,3-4,9-12,23H2,1-2H3,(H,24,28)(H,25,29)(H,31,32). The minimum Gasteiger partial charge on any atom is -0.508 e. The number of carbonyl (C=O) groups excluding carboxylic acids is 3. The fourth-order valence-corrected chi connectivity index (χ4v) is 4.11. The molecule has 0 aromatic heterocycles. The Bertz CT molecular complexity index is 848. The normalized spacial score (nSPS) is 18.3. The van der Waals surface area contributed by atoms with Crippen LogP contribution < -0.4 is 16.4 Å². The largest absolute Gasteiger partial charge is 0.508 e. The number of nitrogens with one attached hydrogen (secondary N) is 2. The number of aromatic hydroxyl groups is 1. The Morgan fingerprint density at radius 1 is 1.18 bits per heavy atom. The smallest absolute Gasteiger partial charge is 0.326 e. The highest BCUT2D eigenvalue weighted by Gasteiger charge is 2.38. The van der Waals surface area contributed by atoms with E-state index in [4.69, 9.17) is 5.73 Å². The van der Waals surface area contributed by atoms with Gasteiger partial charge in [0.1, 0.15) is 23.9 Å². The third-order valence-corrected chi connectivity index (χ3v) is 6.11. The molecule has 1 aromatic rings. The Kier molecular flexibility index (Phi) is 9.98. The summed E-state index contributed by atoms with van der Waals surface area (Å²) in [5.74, 6) is -1.88. The Morgan fingerprint density at radius 3 is 2.42 bits per heavy atom. The zero-order valence-corrected chi connectivity index (χ0v) is 19.6. The van der Waals surface area contributed by atoms with Crippen molar-refractivity contribution in [3.8, 4) is 5.75 Å². The van der Waals surface area contributed by atoms with Crippen LogP contribution in [0.25, 0.3) is 0 Å². The van der Waals surface area contributed by atoms with E-state index in [0.717, 1.165) is 0 Å². The second-order valence-corrected chi connectivity index (χ2v) is 9.08. The molecule has 4 atom stereocenters. The molecule has 0 spiro atoms. The summed E-state index contributed by atoms with van der Waals surface area (Å²) < 4.78 is 0. The molecule has 10 nitrogen and oxygen atoms in total. The lowest BCUT2D eigenvalue weighted by Gasteiger charge is -2.29. The van der Waals surface area contributed by atoms with Crippen LogP contribution in [0.1, 0.15) is 31.7 Å². The number of carboxylic acid groups (broad SMARTS) is 1. The van der Waals surface area contributed by atoms with Gasteiger partial charge in [-0.05, 0) is 55.9 Å². The van der Waals surface area contributed by atoms with Crippen molar-refractivity contribution in [2.75, 3.05) is 18.6 Å². The molecule has 1 saturated heterocycles. The van der Waals surface area contributed by atoms with E-state index >= 15 is 0 Å². The van der Waals surface area contributed by atoms with Gasteiger partial charge in [0.25, 0.3) is 0 Å². The molecule has 1 aromatic carbocycles. The van der Waals surface area contributed by atoms with Gasteiger partial charge in [-0.25, -0.2) is 4.79 Å². The third-order valence-electron chi connectivity index (χ3n) is 5.47. The highest BCUT2D eigenvalue weighted by atomic mass is 32.2. The number of hydrogen-bond donors (Lipinski definition) is 5. The van der Waals surface area contributed by atoms with Crippen LogP contribution in [-0.2, 0) is 25.6 Å². The predicted octanol–water partition coefficient (Wildman–Crippen LogP) is 0.0802. The van der Waals surface area contributed by atoms with Crippen molar-refractivity contribution in [1.82, 2.24) is 15.5 Å². The van der Waals surface area contributed by atoms with Crippen molar-refractivity contribution >= 4 is 35.5 Å². The first-order valence-corrected chi connectivity index (χ1v) is 12.2. The van der Waals surface area contributed by atoms with Crippen LogP contribution >= 0.6 is 11.8 Å². The van der Waals surface area contributed by atoms with Crippen LogP contribution in [0.5, 0.6) is 5.75 Å². The number of nitrogens with zero attached hydrogens (tertiary/aromatic N) is 1. The van der Waals surface area contributed by atoms with Gasteiger partial charge in [-0.1, -0.05) is 12.1 Å². The number of phenolic OH excluding ortho intramolecular Hbond substituents is 1. The molecule has 0 bridgehead atoms. The van der Waals surface area contributed by atoms with E-state index in [0.29, 0.717) is 37.1 Å². The van der Waals surface area contributed by atoms with Gasteiger partial charge in [-0.3, -0.25) is 14.4 Å². The van der Waals surface area contributed by atoms with E-state index in [-0.39, 0.29) is 18.1 Å². The van der Waals surface area contributed by atoms with Gasteiger partial charge in [0, 0.05) is 13.0 Å². The number of carboxylic acids is 1. The van der Waals surface area contributed by atoms with E-state index in [1.807, 2.05) is 6.26 Å². The number of rotatable bonds is 11. The van der Waals surface area contributed by atoms with Crippen LogP contribution in [0.15, 0.2) is 24.3 Å². The average molecular weight is 481 g/mol. The highest BCUT2D eigenvalue weighted by Crippen LogP contribution is 2.20. The summed E-state index contributed by atoms with van der Waals surface area (Å²) in [5.41, 5.74) is 6.26. The summed E-state index contributed by atoms with van der Waals surface area (Å²) in [4.78, 5) is 51.4. The molecule has 1 heterocycles. The van der Waals surface area contributed by atoms with Crippen LogP contribution in [0.3, 0.4) is 0 Å². The van der Waals surface area contributed by atoms with E-state index in [1.54, 1.807) is 12.1 Å². The van der Waals surface area contributed by atoms with E-state index in [1.165, 1.54) is 35.7 Å². The topological polar surface area (TPSA) is 162 Å². The third kappa shape index (κ3) is 7.64. The van der Waals surface area contributed by atoms with Crippen molar-refractivity contribution < 1.29 is 29.4 Å². The average Bonchev–Trinajstić information content (AvgIpc) is 3.26. The fraction of sp³-hybridized carbons (Fsp3) is 0.545. The quantitative estimate of drug-likeness (QED) is 0.297. The highest BCUT2D eigenvalue weighted by molar-refractivity contribution is 7.98. The number of nitrogens with two attached hydrogens (primary N) is 1. The maximum Gasteiger partial charge on any atom is 0.326 e. The van der Waals surface area contributed by atoms with E-state index < -0.39 is 42.0 Å². The summed E-state index contributed by atoms with van der Waals surface area (Å²) >= 11 is 1.53. The molecular weight excluding hydrogens is 448 g/mol. The van der Waals surface area contributed by atoms with Crippen molar-refractivity contribution in [2.24, 2.45) is 5.73 Å². The van der Waals surface area contributed by atoms with Gasteiger partial charge in [-0.2, -0.15) is 11.8 Å². The van der Waals surface area contributed by atoms with Crippen molar-refractivity contribution in [3.63, 3.8) is 0 Å². The molecule has 3 amide bonds. The monoisotopic (exact) mass is 480 g/mol. The molecule has 4 unspecified atom stereocenters. The van der Waals surface area contributed by atoms with Crippen molar-refractivity contribution in [2.45, 2.75) is 56.8 Å². The van der Waals surface area contributed by atoms with Crippen LogP contribution in [0.4, 0.5) is 0 Å². The molecule has 1 fully saturated rings. The summed E-state index contributed by atoms with van der Waals surface area (Å²) in [7, 11) is 0. The Morgan fingerprint density at radius 2 is 1.85 bits per heavy atom. The number of likely N-dealkylation sites (tertiary alicyclic amines) is 1. The number of carbonyl (C=O) groups is 4. The van der Waals surface area contributed by atoms with Crippen molar-refractivity contribution in [1.29, 1.82) is 0 Å². The fourth-order valence-electron chi connectivity index (χ4n) is 3.64. The Labute approximate surface area is 197 Å². The van der Waals surface area contributed by atoms with Gasteiger partial charge in [0.15, 0.2) is 0 Å². The molecule has 2 rings (SSSR count). The summed E-state index contributed by atoms with van der Waals surface area (Å²) in [6.07, 6.45) is 3.31. The molecule has 33 heavy (non-hydrogen) atoms. The van der Waals surface area contributed by atoms with Crippen molar-refractivity contribution in [3.05, 3.63) is 29.8 Å². The summed E-state index contributed by atoms with van der Waals surface area (Å²) in [5, 5.41) is 24.2. The lowest BCUT2D eigenvalue weighted by Crippen LogP contribution is -2.56. The number of thioether (sulfide) groups is 1. The minimum absolute atomic E-state index is 0.0306. The number of amides is 3. The Hall–Kier alpha value is -2.79.